The maximum absolute atomic E-state index is 12.7. The van der Waals surface area contributed by atoms with Gasteiger partial charge < -0.3 is 4.74 Å². The molecule has 168 valence electrons. The summed E-state index contributed by atoms with van der Waals surface area (Å²) in [6.45, 7) is -0.387. The van der Waals surface area contributed by atoms with Crippen LogP contribution in [0.15, 0.2) is 48.5 Å². The number of ketones is 1. The van der Waals surface area contributed by atoms with Gasteiger partial charge in [-0.3, -0.25) is 33.8 Å². The zero-order chi connectivity index (χ0) is 23.7. The maximum Gasteiger partial charge on any atom is 0.329 e. The molecule has 0 radical (unpaired) electrons. The highest BCUT2D eigenvalue weighted by Crippen LogP contribution is 2.27. The van der Waals surface area contributed by atoms with Crippen LogP contribution >= 0.6 is 0 Å². The van der Waals surface area contributed by atoms with Gasteiger partial charge in [0.2, 0.25) is 0 Å². The van der Waals surface area contributed by atoms with Gasteiger partial charge in [0, 0.05) is 6.42 Å². The standard InChI is InChI=1S/C24H20N2O7/c1-33-24(32)19(26-22(30)17-10-4-5-11-18(17)23(26)31)12-6-7-14(27)13-25-20(28)15-8-2-3-9-16(15)21(25)29/h2-5,8-11,19H,6-7,12-13H2,1H3/t19-/m0/s1. The van der Waals surface area contributed by atoms with Crippen molar-refractivity contribution in [3.8, 4) is 0 Å². The molecule has 4 rings (SSSR count). The highest BCUT2D eigenvalue weighted by molar-refractivity contribution is 6.23. The Hall–Kier alpha value is -4.14. The average Bonchev–Trinajstić information content (AvgIpc) is 3.22. The molecule has 4 amide bonds. The van der Waals surface area contributed by atoms with Gasteiger partial charge in [0.05, 0.1) is 35.9 Å². The van der Waals surface area contributed by atoms with E-state index in [1.165, 1.54) is 24.3 Å². The van der Waals surface area contributed by atoms with E-state index in [0.717, 1.165) is 16.9 Å². The fourth-order valence-electron chi connectivity index (χ4n) is 4.11. The van der Waals surface area contributed by atoms with Crippen molar-refractivity contribution in [3.05, 3.63) is 70.8 Å². The van der Waals surface area contributed by atoms with Crippen LogP contribution < -0.4 is 0 Å². The fraction of sp³-hybridized carbons (Fsp3) is 0.250. The van der Waals surface area contributed by atoms with Gasteiger partial charge in [-0.25, -0.2) is 4.79 Å². The lowest BCUT2D eigenvalue weighted by molar-refractivity contribution is -0.145. The van der Waals surface area contributed by atoms with Gasteiger partial charge in [-0.1, -0.05) is 24.3 Å². The number of carbonyl (C=O) groups is 6. The molecule has 33 heavy (non-hydrogen) atoms. The number of amides is 4. The first-order chi connectivity index (χ1) is 15.8. The van der Waals surface area contributed by atoms with E-state index in [4.69, 9.17) is 4.74 Å². The van der Waals surface area contributed by atoms with Gasteiger partial charge >= 0.3 is 5.97 Å². The lowest BCUT2D eigenvalue weighted by Gasteiger charge is -2.24. The molecule has 0 N–H and O–H groups in total. The second-order valence-corrected chi connectivity index (χ2v) is 7.74. The summed E-state index contributed by atoms with van der Waals surface area (Å²) in [7, 11) is 1.15. The van der Waals surface area contributed by atoms with E-state index in [1.54, 1.807) is 24.3 Å². The van der Waals surface area contributed by atoms with Gasteiger partial charge in [-0.15, -0.1) is 0 Å². The number of carbonyl (C=O) groups excluding carboxylic acids is 6. The highest BCUT2D eigenvalue weighted by Gasteiger charge is 2.43. The van der Waals surface area contributed by atoms with Crippen molar-refractivity contribution in [1.29, 1.82) is 0 Å². The van der Waals surface area contributed by atoms with Crippen molar-refractivity contribution in [2.45, 2.75) is 25.3 Å². The third-order valence-corrected chi connectivity index (χ3v) is 5.76. The number of fused-ring (bicyclic) bond motifs is 2. The smallest absolute Gasteiger partial charge is 0.329 e. The predicted molar refractivity (Wildman–Crippen MR) is 113 cm³/mol. The predicted octanol–water partition coefficient (Wildman–Crippen LogP) is 1.86. The van der Waals surface area contributed by atoms with E-state index in [9.17, 15) is 28.8 Å². The number of hydrogen-bond acceptors (Lipinski definition) is 7. The van der Waals surface area contributed by atoms with Gasteiger partial charge in [-0.2, -0.15) is 0 Å². The van der Waals surface area contributed by atoms with E-state index in [-0.39, 0.29) is 53.8 Å². The average molecular weight is 448 g/mol. The van der Waals surface area contributed by atoms with Crippen molar-refractivity contribution in [2.24, 2.45) is 0 Å². The van der Waals surface area contributed by atoms with Crippen LogP contribution in [-0.4, -0.2) is 64.9 Å². The number of rotatable bonds is 8. The van der Waals surface area contributed by atoms with Crippen molar-refractivity contribution >= 4 is 35.4 Å². The normalized spacial score (nSPS) is 15.5. The first-order valence-electron chi connectivity index (χ1n) is 10.4. The Labute approximate surface area is 188 Å². The van der Waals surface area contributed by atoms with Gasteiger partial charge in [-0.05, 0) is 37.1 Å². The second-order valence-electron chi connectivity index (χ2n) is 7.74. The van der Waals surface area contributed by atoms with Crippen molar-refractivity contribution in [1.82, 2.24) is 9.80 Å². The number of nitrogens with zero attached hydrogens (tertiary/aromatic N) is 2. The van der Waals surface area contributed by atoms with Crippen LogP contribution in [0.25, 0.3) is 0 Å². The monoisotopic (exact) mass is 448 g/mol. The third-order valence-electron chi connectivity index (χ3n) is 5.76. The molecule has 0 saturated heterocycles. The third kappa shape index (κ3) is 3.82. The molecule has 2 aromatic rings. The van der Waals surface area contributed by atoms with Crippen LogP contribution in [0.2, 0.25) is 0 Å². The van der Waals surface area contributed by atoms with Crippen LogP contribution in [0, 0.1) is 0 Å². The minimum atomic E-state index is -1.19. The molecule has 2 aliphatic rings. The molecule has 0 bridgehead atoms. The zero-order valence-corrected chi connectivity index (χ0v) is 17.8. The van der Waals surface area contributed by atoms with Crippen LogP contribution in [-0.2, 0) is 14.3 Å². The summed E-state index contributed by atoms with van der Waals surface area (Å²) in [5.41, 5.74) is 0.926. The summed E-state index contributed by atoms with van der Waals surface area (Å²) in [5, 5.41) is 0. The first-order valence-corrected chi connectivity index (χ1v) is 10.4. The van der Waals surface area contributed by atoms with Crippen molar-refractivity contribution in [2.75, 3.05) is 13.7 Å². The topological polar surface area (TPSA) is 118 Å². The first kappa shape index (κ1) is 22.1. The lowest BCUT2D eigenvalue weighted by atomic mass is 10.1. The molecule has 0 fully saturated rings. The quantitative estimate of drug-likeness (QED) is 0.447. The van der Waals surface area contributed by atoms with Gasteiger partial charge in [0.1, 0.15) is 6.04 Å². The molecule has 0 aromatic heterocycles. The van der Waals surface area contributed by atoms with E-state index in [1.807, 2.05) is 0 Å². The minimum absolute atomic E-state index is 0.00595. The number of hydrogen-bond donors (Lipinski definition) is 0. The lowest BCUT2D eigenvalue weighted by Crippen LogP contribution is -2.45. The van der Waals surface area contributed by atoms with Crippen molar-refractivity contribution < 1.29 is 33.5 Å². The number of imide groups is 2. The van der Waals surface area contributed by atoms with E-state index in [2.05, 4.69) is 0 Å². The van der Waals surface area contributed by atoms with E-state index in [0.29, 0.717) is 0 Å². The number of methoxy groups -OCH3 is 1. The van der Waals surface area contributed by atoms with Gasteiger partial charge in [0.15, 0.2) is 5.78 Å². The second kappa shape index (κ2) is 8.78. The zero-order valence-electron chi connectivity index (χ0n) is 17.8. The fourth-order valence-corrected chi connectivity index (χ4v) is 4.11. The Morgan fingerprint density at radius 2 is 1.24 bits per heavy atom. The van der Waals surface area contributed by atoms with Crippen LogP contribution in [0.5, 0.6) is 0 Å². The summed E-state index contributed by atoms with van der Waals surface area (Å²) in [5.74, 6) is -3.38. The summed E-state index contributed by atoms with van der Waals surface area (Å²) >= 11 is 0. The molecule has 0 saturated carbocycles. The maximum atomic E-state index is 12.7. The number of ether oxygens (including phenoxy) is 1. The molecule has 9 heteroatoms. The molecule has 0 aliphatic carbocycles. The Morgan fingerprint density at radius 3 is 1.70 bits per heavy atom. The molecule has 0 unspecified atom stereocenters. The van der Waals surface area contributed by atoms with Crippen LogP contribution in [0.3, 0.4) is 0 Å². The largest absolute Gasteiger partial charge is 0.467 e. The summed E-state index contributed by atoms with van der Waals surface area (Å²) < 4.78 is 4.78. The van der Waals surface area contributed by atoms with Crippen LogP contribution in [0.4, 0.5) is 0 Å². The molecule has 2 aliphatic heterocycles. The summed E-state index contributed by atoms with van der Waals surface area (Å²) in [6.07, 6.45) is 0.102. The Balaban J connectivity index is 1.39. The van der Waals surface area contributed by atoms with Gasteiger partial charge in [0.25, 0.3) is 23.6 Å². The van der Waals surface area contributed by atoms with E-state index < -0.39 is 35.6 Å². The Kier molecular flexibility index (Phi) is 5.87. The highest BCUT2D eigenvalue weighted by atomic mass is 16.5. The van der Waals surface area contributed by atoms with Crippen molar-refractivity contribution in [3.63, 3.8) is 0 Å². The molecule has 2 aromatic carbocycles. The van der Waals surface area contributed by atoms with Crippen LogP contribution in [0.1, 0.15) is 60.7 Å². The summed E-state index contributed by atoms with van der Waals surface area (Å²) in [6, 6.07) is 11.4. The molecule has 0 spiro atoms. The number of esters is 1. The molecule has 9 nitrogen and oxygen atoms in total. The van der Waals surface area contributed by atoms with E-state index >= 15 is 0 Å². The molecular formula is C24H20N2O7. The Bertz CT molecular complexity index is 1130. The minimum Gasteiger partial charge on any atom is -0.467 e. The number of benzene rings is 2. The molecular weight excluding hydrogens is 428 g/mol. The SMILES string of the molecule is COC(=O)[C@H](CCCC(=O)CN1C(=O)c2ccccc2C1=O)N1C(=O)c2ccccc2C1=O. The molecule has 2 heterocycles. The number of Topliss-reactive ketones (excluding diaryl/α,β-unsaturated/α-hetero) is 1. The molecule has 1 atom stereocenters. The Morgan fingerprint density at radius 1 is 0.788 bits per heavy atom. The summed E-state index contributed by atoms with van der Waals surface area (Å²) in [4.78, 5) is 76.9.